The van der Waals surface area contributed by atoms with E-state index in [1.165, 1.54) is 7.11 Å². The van der Waals surface area contributed by atoms with Crippen LogP contribution in [0.25, 0.3) is 17.2 Å². The molecule has 0 bridgehead atoms. The molecule has 2 N–H and O–H groups in total. The number of carbonyl (C=O) groups is 1. The summed E-state index contributed by atoms with van der Waals surface area (Å²) < 4.78 is 5.39. The molecule has 0 fully saturated rings. The van der Waals surface area contributed by atoms with E-state index in [1.54, 1.807) is 12.3 Å². The number of carbonyl (C=O) groups excluding carboxylic acids is 1. The summed E-state index contributed by atoms with van der Waals surface area (Å²) in [5.74, 6) is 0.535. The van der Waals surface area contributed by atoms with Crippen molar-refractivity contribution < 1.29 is 14.6 Å². The maximum atomic E-state index is 12.7. The second-order valence-corrected chi connectivity index (χ2v) is 5.15. The van der Waals surface area contributed by atoms with Crippen LogP contribution in [0.2, 0.25) is 0 Å². The number of benzene rings is 2. The first kappa shape index (κ1) is 12.0. The summed E-state index contributed by atoms with van der Waals surface area (Å²) in [4.78, 5) is 12.7. The van der Waals surface area contributed by atoms with Gasteiger partial charge in [0.2, 0.25) is 0 Å². The Hall–Kier alpha value is -2.75. The summed E-state index contributed by atoms with van der Waals surface area (Å²) in [6.07, 6.45) is 3.60. The Bertz CT molecular complexity index is 808. The second kappa shape index (κ2) is 4.12. The number of nitrogens with one attached hydrogen (secondary N) is 1. The van der Waals surface area contributed by atoms with Crippen molar-refractivity contribution in [2.45, 2.75) is 6.04 Å². The number of ketones is 1. The average molecular weight is 279 g/mol. The van der Waals surface area contributed by atoms with Gasteiger partial charge in [-0.05, 0) is 29.5 Å². The van der Waals surface area contributed by atoms with E-state index in [4.69, 9.17) is 4.74 Å². The van der Waals surface area contributed by atoms with E-state index in [2.05, 4.69) is 5.32 Å². The number of methoxy groups -OCH3 is 1. The highest BCUT2D eigenvalue weighted by Gasteiger charge is 2.37. The van der Waals surface area contributed by atoms with Gasteiger partial charge < -0.3 is 15.2 Å². The first-order valence-electron chi connectivity index (χ1n) is 6.72. The highest BCUT2D eigenvalue weighted by atomic mass is 16.5. The van der Waals surface area contributed by atoms with E-state index < -0.39 is 6.04 Å². The predicted molar refractivity (Wildman–Crippen MR) is 79.3 cm³/mol. The van der Waals surface area contributed by atoms with Gasteiger partial charge in [-0.15, -0.1) is 0 Å². The zero-order chi connectivity index (χ0) is 14.6. The average Bonchev–Trinajstić information content (AvgIpc) is 2.51. The van der Waals surface area contributed by atoms with Crippen molar-refractivity contribution in [1.82, 2.24) is 5.32 Å². The molecule has 1 unspecified atom stereocenters. The van der Waals surface area contributed by atoms with Crippen molar-refractivity contribution in [2.24, 2.45) is 0 Å². The summed E-state index contributed by atoms with van der Waals surface area (Å²) in [5.41, 5.74) is 3.96. The van der Waals surface area contributed by atoms with Crippen LogP contribution >= 0.6 is 0 Å². The summed E-state index contributed by atoms with van der Waals surface area (Å²) in [5, 5.41) is 13.3. The summed E-state index contributed by atoms with van der Waals surface area (Å²) >= 11 is 0. The molecule has 0 spiro atoms. The minimum absolute atomic E-state index is 0.0384. The topological polar surface area (TPSA) is 58.6 Å². The molecule has 0 amide bonds. The first-order chi connectivity index (χ1) is 10.2. The maximum absolute atomic E-state index is 12.7. The van der Waals surface area contributed by atoms with E-state index in [9.17, 15) is 9.90 Å². The fourth-order valence-electron chi connectivity index (χ4n) is 3.20. The second-order valence-electron chi connectivity index (χ2n) is 5.15. The first-order valence-corrected chi connectivity index (χ1v) is 6.72. The van der Waals surface area contributed by atoms with Crippen LogP contribution < -0.4 is 10.1 Å². The smallest absolute Gasteiger partial charge is 0.190 e. The molecule has 21 heavy (non-hydrogen) atoms. The molecule has 0 radical (unpaired) electrons. The van der Waals surface area contributed by atoms with Gasteiger partial charge in [0, 0.05) is 16.7 Å². The van der Waals surface area contributed by atoms with Crippen molar-refractivity contribution in [3.8, 4) is 22.6 Å². The van der Waals surface area contributed by atoms with E-state index >= 15 is 0 Å². The Labute approximate surface area is 121 Å². The fourth-order valence-corrected chi connectivity index (χ4v) is 3.20. The molecule has 2 aromatic carbocycles. The minimum atomic E-state index is -0.426. The van der Waals surface area contributed by atoms with E-state index in [0.29, 0.717) is 11.3 Å². The molecule has 2 aromatic rings. The fraction of sp³-hybridized carbons (Fsp3) is 0.118. The zero-order valence-electron chi connectivity index (χ0n) is 11.4. The van der Waals surface area contributed by atoms with Gasteiger partial charge in [0.1, 0.15) is 6.04 Å². The molecule has 4 heteroatoms. The van der Waals surface area contributed by atoms with Crippen LogP contribution in [-0.2, 0) is 0 Å². The van der Waals surface area contributed by atoms with Crippen LogP contribution in [0.15, 0.2) is 36.5 Å². The van der Waals surface area contributed by atoms with Gasteiger partial charge in [0.25, 0.3) is 0 Å². The Morgan fingerprint density at radius 3 is 2.76 bits per heavy atom. The van der Waals surface area contributed by atoms with Gasteiger partial charge in [0.15, 0.2) is 17.3 Å². The van der Waals surface area contributed by atoms with Gasteiger partial charge in [-0.3, -0.25) is 4.79 Å². The third kappa shape index (κ3) is 1.47. The number of ether oxygens (including phenoxy) is 1. The largest absolute Gasteiger partial charge is 0.504 e. The zero-order valence-corrected chi connectivity index (χ0v) is 11.4. The molecule has 1 aliphatic heterocycles. The normalized spacial score (nSPS) is 17.8. The summed E-state index contributed by atoms with van der Waals surface area (Å²) in [6.45, 7) is 0. The van der Waals surface area contributed by atoms with Gasteiger partial charge in [-0.1, -0.05) is 24.3 Å². The Morgan fingerprint density at radius 1 is 1.24 bits per heavy atom. The van der Waals surface area contributed by atoms with Gasteiger partial charge in [-0.25, -0.2) is 0 Å². The van der Waals surface area contributed by atoms with Gasteiger partial charge in [-0.2, -0.15) is 0 Å². The molecule has 2 aliphatic rings. The maximum Gasteiger partial charge on any atom is 0.190 e. The van der Waals surface area contributed by atoms with Crippen LogP contribution in [0.5, 0.6) is 11.5 Å². The van der Waals surface area contributed by atoms with Gasteiger partial charge in [0.05, 0.1) is 7.11 Å². The number of phenolic OH excluding ortho intramolecular Hbond substituents is 1. The number of rotatable bonds is 1. The number of hydrogen-bond acceptors (Lipinski definition) is 4. The lowest BCUT2D eigenvalue weighted by molar-refractivity contribution is 0.0947. The Morgan fingerprint density at radius 2 is 2.00 bits per heavy atom. The number of aromatic hydroxyl groups is 1. The van der Waals surface area contributed by atoms with Crippen molar-refractivity contribution in [1.29, 1.82) is 0 Å². The molecule has 1 heterocycles. The highest BCUT2D eigenvalue weighted by Crippen LogP contribution is 2.50. The molecular formula is C17H13NO3. The minimum Gasteiger partial charge on any atom is -0.504 e. The SMILES string of the molecule is COc1c(O)cc2c3c1-c1ccccc1C(=O)C3NC=C2. The number of phenols is 1. The third-order valence-corrected chi connectivity index (χ3v) is 4.07. The van der Waals surface area contributed by atoms with Crippen LogP contribution in [-0.4, -0.2) is 18.0 Å². The van der Waals surface area contributed by atoms with Crippen LogP contribution in [0, 0.1) is 0 Å². The standard InChI is InChI=1S/C17H13NO3/c1-21-17-12(19)8-9-6-7-18-15-13(9)14(17)10-4-2-3-5-11(10)16(15)20/h2-8,15,18-19H,1H3. The van der Waals surface area contributed by atoms with Crippen molar-refractivity contribution >= 4 is 11.9 Å². The molecule has 0 saturated heterocycles. The molecule has 1 aliphatic carbocycles. The molecule has 0 saturated carbocycles. The lowest BCUT2D eigenvalue weighted by atomic mass is 9.78. The molecule has 104 valence electrons. The lowest BCUT2D eigenvalue weighted by Gasteiger charge is -2.32. The van der Waals surface area contributed by atoms with E-state index in [1.807, 2.05) is 30.3 Å². The number of hydrogen-bond donors (Lipinski definition) is 2. The number of fused-ring (bicyclic) bond motifs is 2. The molecule has 4 nitrogen and oxygen atoms in total. The summed E-state index contributed by atoms with van der Waals surface area (Å²) in [7, 11) is 1.53. The molecule has 4 rings (SSSR count). The predicted octanol–water partition coefficient (Wildman–Crippen LogP) is 2.88. The summed E-state index contributed by atoms with van der Waals surface area (Å²) in [6, 6.07) is 8.64. The van der Waals surface area contributed by atoms with Gasteiger partial charge >= 0.3 is 0 Å². The highest BCUT2D eigenvalue weighted by molar-refractivity contribution is 6.12. The Kier molecular flexibility index (Phi) is 2.36. The van der Waals surface area contributed by atoms with Crippen molar-refractivity contribution in [3.63, 3.8) is 0 Å². The van der Waals surface area contributed by atoms with Crippen LogP contribution in [0.3, 0.4) is 0 Å². The molecule has 1 atom stereocenters. The van der Waals surface area contributed by atoms with Crippen molar-refractivity contribution in [3.05, 3.63) is 53.2 Å². The lowest BCUT2D eigenvalue weighted by Crippen LogP contribution is -2.31. The van der Waals surface area contributed by atoms with Crippen molar-refractivity contribution in [2.75, 3.05) is 7.11 Å². The van der Waals surface area contributed by atoms with Crippen LogP contribution in [0.1, 0.15) is 27.5 Å². The third-order valence-electron chi connectivity index (χ3n) is 4.07. The van der Waals surface area contributed by atoms with E-state index in [-0.39, 0.29) is 11.5 Å². The molecule has 0 aromatic heterocycles. The quantitative estimate of drug-likeness (QED) is 0.842. The molecular weight excluding hydrogens is 266 g/mol. The van der Waals surface area contributed by atoms with E-state index in [0.717, 1.165) is 22.3 Å². The van der Waals surface area contributed by atoms with Crippen LogP contribution in [0.4, 0.5) is 0 Å². The number of Topliss-reactive ketones (excluding diaryl/α,β-unsaturated/α-hetero) is 1. The Balaban J connectivity index is 2.17. The monoisotopic (exact) mass is 279 g/mol.